The lowest BCUT2D eigenvalue weighted by atomic mass is 10.2. The maximum absolute atomic E-state index is 11.0. The van der Waals surface area contributed by atoms with Crippen LogP contribution in [-0.2, 0) is 0 Å². The molecule has 0 radical (unpaired) electrons. The molecule has 0 N–H and O–H groups in total. The zero-order chi connectivity index (χ0) is 11.8. The van der Waals surface area contributed by atoms with Crippen LogP contribution in [0.1, 0.15) is 0 Å². The Morgan fingerprint density at radius 2 is 1.82 bits per heavy atom. The van der Waals surface area contributed by atoms with Crippen molar-refractivity contribution in [3.63, 3.8) is 0 Å². The van der Waals surface area contributed by atoms with Crippen LogP contribution in [0.25, 0.3) is 5.69 Å². The monoisotopic (exact) mass is 232 g/mol. The lowest BCUT2D eigenvalue weighted by molar-refractivity contribution is -0.384. The van der Waals surface area contributed by atoms with Crippen LogP contribution in [-0.4, -0.2) is 16.3 Å². The second-order valence-corrected chi connectivity index (χ2v) is 3.54. The van der Waals surface area contributed by atoms with Crippen LogP contribution in [0.5, 0.6) is 11.5 Å². The molecule has 1 aliphatic rings. The zero-order valence-electron chi connectivity index (χ0n) is 8.70. The largest absolute Gasteiger partial charge is 0.454 e. The highest BCUT2D eigenvalue weighted by Gasteiger charge is 2.23. The zero-order valence-corrected chi connectivity index (χ0v) is 8.70. The molecule has 6 nitrogen and oxygen atoms in total. The van der Waals surface area contributed by atoms with E-state index in [1.807, 2.05) is 0 Å². The Kier molecular flexibility index (Phi) is 2.01. The van der Waals surface area contributed by atoms with E-state index in [9.17, 15) is 10.1 Å². The standard InChI is InChI=1S/C11H8N2O4/c14-13(15)9-6-11-10(16-7-17-11)5-8(9)12-3-1-2-4-12/h1-6H,7H2. The summed E-state index contributed by atoms with van der Waals surface area (Å²) in [5.41, 5.74) is 0.453. The molecule has 0 amide bonds. The Labute approximate surface area is 96.1 Å². The summed E-state index contributed by atoms with van der Waals surface area (Å²) in [5.74, 6) is 0.937. The Bertz CT molecular complexity index is 577. The molecular weight excluding hydrogens is 224 g/mol. The summed E-state index contributed by atoms with van der Waals surface area (Å²) in [4.78, 5) is 10.6. The van der Waals surface area contributed by atoms with E-state index in [1.165, 1.54) is 6.07 Å². The van der Waals surface area contributed by atoms with E-state index in [4.69, 9.17) is 9.47 Å². The molecule has 0 atom stereocenters. The van der Waals surface area contributed by atoms with Crippen molar-refractivity contribution in [3.05, 3.63) is 46.8 Å². The Balaban J connectivity index is 2.22. The molecular formula is C11H8N2O4. The molecule has 0 aliphatic carbocycles. The normalized spacial score (nSPS) is 12.7. The van der Waals surface area contributed by atoms with E-state index in [1.54, 1.807) is 35.2 Å². The quantitative estimate of drug-likeness (QED) is 0.587. The van der Waals surface area contributed by atoms with Crippen molar-refractivity contribution in [2.75, 3.05) is 6.79 Å². The van der Waals surface area contributed by atoms with E-state index < -0.39 is 4.92 Å². The van der Waals surface area contributed by atoms with Gasteiger partial charge >= 0.3 is 0 Å². The van der Waals surface area contributed by atoms with Gasteiger partial charge in [-0.1, -0.05) is 0 Å². The summed E-state index contributed by atoms with van der Waals surface area (Å²) in [6.45, 7) is 0.0988. The minimum Gasteiger partial charge on any atom is -0.454 e. The number of nitro benzene ring substituents is 1. The summed E-state index contributed by atoms with van der Waals surface area (Å²) >= 11 is 0. The minimum absolute atomic E-state index is 0.00884. The molecule has 1 aromatic carbocycles. The lowest BCUT2D eigenvalue weighted by Crippen LogP contribution is -1.98. The first kappa shape index (κ1) is 9.71. The van der Waals surface area contributed by atoms with Gasteiger partial charge in [-0.05, 0) is 12.1 Å². The first-order chi connectivity index (χ1) is 8.25. The number of hydrogen-bond acceptors (Lipinski definition) is 4. The van der Waals surface area contributed by atoms with Crippen LogP contribution in [0.3, 0.4) is 0 Å². The van der Waals surface area contributed by atoms with E-state index >= 15 is 0 Å². The average molecular weight is 232 g/mol. The van der Waals surface area contributed by atoms with Crippen LogP contribution in [0.2, 0.25) is 0 Å². The fourth-order valence-electron chi connectivity index (χ4n) is 1.77. The number of fused-ring (bicyclic) bond motifs is 1. The summed E-state index contributed by atoms with van der Waals surface area (Å²) in [6, 6.07) is 6.60. The third kappa shape index (κ3) is 1.50. The topological polar surface area (TPSA) is 66.5 Å². The van der Waals surface area contributed by atoms with E-state index in [2.05, 4.69) is 0 Å². The summed E-state index contributed by atoms with van der Waals surface area (Å²) in [7, 11) is 0. The van der Waals surface area contributed by atoms with Gasteiger partial charge in [0.25, 0.3) is 5.69 Å². The molecule has 3 rings (SSSR count). The molecule has 2 aromatic rings. The van der Waals surface area contributed by atoms with Gasteiger partial charge in [-0.25, -0.2) is 0 Å². The van der Waals surface area contributed by atoms with E-state index in [0.29, 0.717) is 17.2 Å². The second-order valence-electron chi connectivity index (χ2n) is 3.54. The van der Waals surface area contributed by atoms with Gasteiger partial charge < -0.3 is 14.0 Å². The highest BCUT2D eigenvalue weighted by atomic mass is 16.7. The smallest absolute Gasteiger partial charge is 0.297 e. The molecule has 1 aliphatic heterocycles. The SMILES string of the molecule is O=[N+]([O-])c1cc2c(cc1-n1cccc1)OCO2. The van der Waals surface area contributed by atoms with Gasteiger partial charge in [0.1, 0.15) is 5.69 Å². The number of rotatable bonds is 2. The molecule has 0 saturated carbocycles. The number of benzene rings is 1. The van der Waals surface area contributed by atoms with Crippen LogP contribution in [0, 0.1) is 10.1 Å². The van der Waals surface area contributed by atoms with Crippen molar-refractivity contribution < 1.29 is 14.4 Å². The molecule has 0 unspecified atom stereocenters. The molecule has 2 heterocycles. The molecule has 0 bridgehead atoms. The molecule has 0 saturated heterocycles. The van der Waals surface area contributed by atoms with Crippen molar-refractivity contribution in [1.29, 1.82) is 0 Å². The van der Waals surface area contributed by atoms with Gasteiger partial charge in [-0.15, -0.1) is 0 Å². The van der Waals surface area contributed by atoms with Crippen molar-refractivity contribution >= 4 is 5.69 Å². The van der Waals surface area contributed by atoms with Gasteiger partial charge in [0, 0.05) is 18.5 Å². The first-order valence-electron chi connectivity index (χ1n) is 4.97. The Hall–Kier alpha value is -2.50. The van der Waals surface area contributed by atoms with Crippen LogP contribution in [0.15, 0.2) is 36.7 Å². The number of hydrogen-bond donors (Lipinski definition) is 0. The molecule has 0 fully saturated rings. The number of ether oxygens (including phenoxy) is 2. The van der Waals surface area contributed by atoms with Gasteiger partial charge in [-0.3, -0.25) is 10.1 Å². The fourth-order valence-corrected chi connectivity index (χ4v) is 1.77. The van der Waals surface area contributed by atoms with Crippen LogP contribution >= 0.6 is 0 Å². The maximum Gasteiger partial charge on any atom is 0.297 e. The molecule has 17 heavy (non-hydrogen) atoms. The number of nitro groups is 1. The Morgan fingerprint density at radius 3 is 2.47 bits per heavy atom. The van der Waals surface area contributed by atoms with Crippen molar-refractivity contribution in [2.45, 2.75) is 0 Å². The second kappa shape index (κ2) is 3.51. The van der Waals surface area contributed by atoms with Gasteiger partial charge in [-0.2, -0.15) is 0 Å². The Morgan fingerprint density at radius 1 is 1.18 bits per heavy atom. The maximum atomic E-state index is 11.0. The van der Waals surface area contributed by atoms with Gasteiger partial charge in [0.05, 0.1) is 11.0 Å². The third-order valence-corrected chi connectivity index (χ3v) is 2.55. The summed E-state index contributed by atoms with van der Waals surface area (Å²) in [5, 5.41) is 11.0. The van der Waals surface area contributed by atoms with E-state index in [-0.39, 0.29) is 12.5 Å². The summed E-state index contributed by atoms with van der Waals surface area (Å²) < 4.78 is 12.0. The van der Waals surface area contributed by atoms with Crippen LogP contribution in [0.4, 0.5) is 5.69 Å². The number of nitrogens with zero attached hydrogens (tertiary/aromatic N) is 2. The van der Waals surface area contributed by atoms with Gasteiger partial charge in [0.2, 0.25) is 6.79 Å². The molecule has 6 heteroatoms. The predicted octanol–water partition coefficient (Wildman–Crippen LogP) is 2.11. The predicted molar refractivity (Wildman–Crippen MR) is 58.5 cm³/mol. The van der Waals surface area contributed by atoms with Crippen molar-refractivity contribution in [1.82, 2.24) is 4.57 Å². The van der Waals surface area contributed by atoms with Crippen LogP contribution < -0.4 is 9.47 Å². The first-order valence-corrected chi connectivity index (χ1v) is 4.97. The molecule has 1 aromatic heterocycles. The number of aromatic nitrogens is 1. The van der Waals surface area contributed by atoms with Crippen molar-refractivity contribution in [3.8, 4) is 17.2 Å². The average Bonchev–Trinajstić information content (AvgIpc) is 2.98. The van der Waals surface area contributed by atoms with E-state index in [0.717, 1.165) is 0 Å². The lowest BCUT2D eigenvalue weighted by Gasteiger charge is -2.05. The highest BCUT2D eigenvalue weighted by Crippen LogP contribution is 2.39. The van der Waals surface area contributed by atoms with Crippen molar-refractivity contribution in [2.24, 2.45) is 0 Å². The minimum atomic E-state index is -0.433. The fraction of sp³-hybridized carbons (Fsp3) is 0.0909. The molecule has 0 spiro atoms. The highest BCUT2D eigenvalue weighted by molar-refractivity contribution is 5.62. The van der Waals surface area contributed by atoms with Gasteiger partial charge in [0.15, 0.2) is 11.5 Å². The summed E-state index contributed by atoms with van der Waals surface area (Å²) in [6.07, 6.45) is 3.48. The third-order valence-electron chi connectivity index (χ3n) is 2.55. The molecule has 86 valence electrons.